The van der Waals surface area contributed by atoms with E-state index in [9.17, 15) is 0 Å². The van der Waals surface area contributed by atoms with Gasteiger partial charge in [0.2, 0.25) is 0 Å². The first-order valence-corrected chi connectivity index (χ1v) is 8.04. The van der Waals surface area contributed by atoms with Crippen molar-refractivity contribution in [1.82, 2.24) is 19.9 Å². The van der Waals surface area contributed by atoms with Gasteiger partial charge >= 0.3 is 0 Å². The van der Waals surface area contributed by atoms with Gasteiger partial charge in [0.15, 0.2) is 5.65 Å². The number of nitrogens with two attached hydrogens (primary N) is 1. The summed E-state index contributed by atoms with van der Waals surface area (Å²) in [4.78, 5) is 4.38. The second-order valence-electron chi connectivity index (χ2n) is 5.60. The standard InChI is InChI=1S/C14H21N5S/c1-9(2)12-8-17-14-11(15)6-13(18-19(12)14)20-10-4-3-5-16-7-10/h6,8-10,16H,3-5,7,15H2,1-2H3. The first-order valence-electron chi connectivity index (χ1n) is 7.16. The predicted octanol–water partition coefficient (Wildman–Crippen LogP) is 2.28. The maximum Gasteiger partial charge on any atom is 0.177 e. The van der Waals surface area contributed by atoms with Crippen molar-refractivity contribution >= 4 is 23.1 Å². The molecule has 0 amide bonds. The number of hydrogen-bond acceptors (Lipinski definition) is 5. The van der Waals surface area contributed by atoms with Crippen molar-refractivity contribution in [2.75, 3.05) is 18.8 Å². The molecule has 1 aliphatic rings. The molecule has 3 N–H and O–H groups in total. The minimum atomic E-state index is 0.383. The molecule has 0 aliphatic carbocycles. The highest BCUT2D eigenvalue weighted by atomic mass is 32.2. The van der Waals surface area contributed by atoms with Gasteiger partial charge in [0.25, 0.3) is 0 Å². The number of aromatic nitrogens is 3. The molecule has 2 aromatic heterocycles. The van der Waals surface area contributed by atoms with Crippen LogP contribution in [0.15, 0.2) is 17.3 Å². The Hall–Kier alpha value is -1.27. The van der Waals surface area contributed by atoms with Gasteiger partial charge in [-0.15, -0.1) is 0 Å². The van der Waals surface area contributed by atoms with E-state index < -0.39 is 0 Å². The van der Waals surface area contributed by atoms with Crippen LogP contribution in [-0.2, 0) is 0 Å². The fourth-order valence-corrected chi connectivity index (χ4v) is 3.68. The fraction of sp³-hybridized carbons (Fsp3) is 0.571. The molecule has 6 heteroatoms. The number of nitrogens with one attached hydrogen (secondary N) is 1. The van der Waals surface area contributed by atoms with Crippen LogP contribution in [0.5, 0.6) is 0 Å². The summed E-state index contributed by atoms with van der Waals surface area (Å²) in [5, 5.41) is 9.73. The number of hydrogen-bond donors (Lipinski definition) is 2. The summed E-state index contributed by atoms with van der Waals surface area (Å²) >= 11 is 1.82. The number of thioether (sulfide) groups is 1. The lowest BCUT2D eigenvalue weighted by Crippen LogP contribution is -2.31. The van der Waals surface area contributed by atoms with Crippen LogP contribution in [0.4, 0.5) is 5.69 Å². The molecule has 20 heavy (non-hydrogen) atoms. The van der Waals surface area contributed by atoms with Gasteiger partial charge in [-0.25, -0.2) is 9.50 Å². The van der Waals surface area contributed by atoms with E-state index in [1.165, 1.54) is 12.8 Å². The summed E-state index contributed by atoms with van der Waals surface area (Å²) in [6, 6.07) is 1.95. The van der Waals surface area contributed by atoms with Crippen LogP contribution in [0.3, 0.4) is 0 Å². The maximum absolute atomic E-state index is 6.12. The van der Waals surface area contributed by atoms with Crippen molar-refractivity contribution in [2.24, 2.45) is 0 Å². The van der Waals surface area contributed by atoms with Gasteiger partial charge in [0, 0.05) is 11.8 Å². The summed E-state index contributed by atoms with van der Waals surface area (Å²) in [6.07, 6.45) is 4.34. The summed E-state index contributed by atoms with van der Waals surface area (Å²) in [5.74, 6) is 0.383. The molecule has 1 atom stereocenters. The molecule has 1 unspecified atom stereocenters. The SMILES string of the molecule is CC(C)c1cnc2c(N)cc(SC3CCCNC3)nn12. The zero-order valence-corrected chi connectivity index (χ0v) is 12.8. The quantitative estimate of drug-likeness (QED) is 0.908. The third-order valence-electron chi connectivity index (χ3n) is 3.63. The number of fused-ring (bicyclic) bond motifs is 1. The summed E-state index contributed by atoms with van der Waals surface area (Å²) in [7, 11) is 0. The number of anilines is 1. The van der Waals surface area contributed by atoms with Gasteiger partial charge in [-0.3, -0.25) is 0 Å². The van der Waals surface area contributed by atoms with Crippen molar-refractivity contribution in [3.63, 3.8) is 0 Å². The second-order valence-corrected chi connectivity index (χ2v) is 6.92. The minimum absolute atomic E-state index is 0.383. The highest BCUT2D eigenvalue weighted by Crippen LogP contribution is 2.29. The van der Waals surface area contributed by atoms with E-state index in [4.69, 9.17) is 10.8 Å². The third-order valence-corrected chi connectivity index (χ3v) is 4.81. The van der Waals surface area contributed by atoms with Crippen LogP contribution in [0, 0.1) is 0 Å². The Morgan fingerprint density at radius 1 is 1.50 bits per heavy atom. The Labute approximate surface area is 123 Å². The van der Waals surface area contributed by atoms with Gasteiger partial charge in [0.1, 0.15) is 5.03 Å². The van der Waals surface area contributed by atoms with Crippen molar-refractivity contribution in [2.45, 2.75) is 42.9 Å². The molecule has 5 nitrogen and oxygen atoms in total. The zero-order chi connectivity index (χ0) is 14.1. The molecule has 1 aliphatic heterocycles. The highest BCUT2D eigenvalue weighted by molar-refractivity contribution is 7.99. The van der Waals surface area contributed by atoms with E-state index in [2.05, 4.69) is 24.1 Å². The maximum atomic E-state index is 6.12. The van der Waals surface area contributed by atoms with Crippen molar-refractivity contribution < 1.29 is 0 Å². The third kappa shape index (κ3) is 2.62. The monoisotopic (exact) mass is 291 g/mol. The number of imidazole rings is 1. The molecule has 0 aromatic carbocycles. The Morgan fingerprint density at radius 3 is 3.05 bits per heavy atom. The average molecular weight is 291 g/mol. The molecular formula is C14H21N5S. The number of rotatable bonds is 3. The largest absolute Gasteiger partial charge is 0.396 e. The summed E-state index contributed by atoms with van der Waals surface area (Å²) < 4.78 is 1.90. The molecule has 2 aromatic rings. The molecule has 3 rings (SSSR count). The van der Waals surface area contributed by atoms with Gasteiger partial charge in [-0.1, -0.05) is 25.6 Å². The van der Waals surface area contributed by atoms with Crippen molar-refractivity contribution in [3.05, 3.63) is 18.0 Å². The number of nitrogens with zero attached hydrogens (tertiary/aromatic N) is 3. The van der Waals surface area contributed by atoms with E-state index in [1.807, 2.05) is 28.5 Å². The van der Waals surface area contributed by atoms with E-state index >= 15 is 0 Å². The van der Waals surface area contributed by atoms with E-state index in [-0.39, 0.29) is 0 Å². The van der Waals surface area contributed by atoms with Crippen molar-refractivity contribution in [1.29, 1.82) is 0 Å². The zero-order valence-electron chi connectivity index (χ0n) is 12.0. The molecule has 108 valence electrons. The smallest absolute Gasteiger partial charge is 0.177 e. The van der Waals surface area contributed by atoms with Crippen molar-refractivity contribution in [3.8, 4) is 0 Å². The first kappa shape index (κ1) is 13.7. The Bertz CT molecular complexity index is 601. The topological polar surface area (TPSA) is 68.2 Å². The lowest BCUT2D eigenvalue weighted by atomic mass is 10.2. The van der Waals surface area contributed by atoms with E-state index in [1.54, 1.807) is 0 Å². The molecule has 1 saturated heterocycles. The molecule has 1 fully saturated rings. The van der Waals surface area contributed by atoms with Crippen LogP contribution in [0.1, 0.15) is 38.3 Å². The van der Waals surface area contributed by atoms with Gasteiger partial charge in [-0.05, 0) is 31.4 Å². The van der Waals surface area contributed by atoms with E-state index in [0.717, 1.165) is 29.5 Å². The van der Waals surface area contributed by atoms with Crippen LogP contribution in [-0.4, -0.2) is 32.9 Å². The van der Waals surface area contributed by atoms with Gasteiger partial charge in [-0.2, -0.15) is 5.10 Å². The highest BCUT2D eigenvalue weighted by Gasteiger charge is 2.17. The molecular weight excluding hydrogens is 270 g/mol. The van der Waals surface area contributed by atoms with E-state index in [0.29, 0.717) is 16.9 Å². The molecule has 0 saturated carbocycles. The molecule has 0 radical (unpaired) electrons. The first-order chi connectivity index (χ1) is 9.65. The summed E-state index contributed by atoms with van der Waals surface area (Å²) in [5.41, 5.74) is 8.70. The number of nitrogen functional groups attached to an aromatic ring is 1. The average Bonchev–Trinajstić information content (AvgIpc) is 2.84. The van der Waals surface area contributed by atoms with Gasteiger partial charge < -0.3 is 11.1 Å². The Morgan fingerprint density at radius 2 is 2.35 bits per heavy atom. The molecule has 0 spiro atoms. The lowest BCUT2D eigenvalue weighted by molar-refractivity contribution is 0.531. The summed E-state index contributed by atoms with van der Waals surface area (Å²) in [6.45, 7) is 6.47. The van der Waals surface area contributed by atoms with Crippen LogP contribution < -0.4 is 11.1 Å². The lowest BCUT2D eigenvalue weighted by Gasteiger charge is -2.21. The van der Waals surface area contributed by atoms with Crippen LogP contribution >= 0.6 is 11.8 Å². The van der Waals surface area contributed by atoms with Crippen LogP contribution in [0.25, 0.3) is 5.65 Å². The normalized spacial score (nSPS) is 19.9. The van der Waals surface area contributed by atoms with Crippen LogP contribution in [0.2, 0.25) is 0 Å². The second kappa shape index (κ2) is 5.61. The molecule has 3 heterocycles. The van der Waals surface area contributed by atoms with Gasteiger partial charge in [0.05, 0.1) is 17.6 Å². The number of piperidine rings is 1. The Balaban J connectivity index is 1.93. The predicted molar refractivity (Wildman–Crippen MR) is 83.2 cm³/mol. The Kier molecular flexibility index (Phi) is 3.85. The molecule has 0 bridgehead atoms. The fourth-order valence-electron chi connectivity index (χ4n) is 2.53. The minimum Gasteiger partial charge on any atom is -0.396 e.